The van der Waals surface area contributed by atoms with Crippen molar-refractivity contribution in [3.05, 3.63) is 72.8 Å². The van der Waals surface area contributed by atoms with E-state index in [1.165, 1.54) is 16.5 Å². The fourth-order valence-corrected chi connectivity index (χ4v) is 3.21. The van der Waals surface area contributed by atoms with Crippen LogP contribution in [0.4, 0.5) is 0 Å². The van der Waals surface area contributed by atoms with E-state index in [1.807, 2.05) is 43.7 Å². The number of hydrogen-bond donors (Lipinski definition) is 1. The second kappa shape index (κ2) is 5.25. The fraction of sp³-hybridized carbons (Fsp3) is 0.211. The summed E-state index contributed by atoms with van der Waals surface area (Å²) in [5, 5.41) is 11.3. The Morgan fingerprint density at radius 3 is 2.74 bits per heavy atom. The van der Waals surface area contributed by atoms with Gasteiger partial charge >= 0.3 is 0 Å². The first-order valence-electron chi connectivity index (χ1n) is 7.78. The molecule has 0 bridgehead atoms. The molecule has 0 aliphatic carbocycles. The van der Waals surface area contributed by atoms with Gasteiger partial charge in [-0.2, -0.15) is 0 Å². The van der Waals surface area contributed by atoms with Crippen LogP contribution in [0.15, 0.2) is 67.3 Å². The highest BCUT2D eigenvalue weighted by Crippen LogP contribution is 2.26. The molecule has 4 rings (SSSR count). The maximum absolute atomic E-state index is 10.1. The fourth-order valence-electron chi connectivity index (χ4n) is 3.21. The van der Waals surface area contributed by atoms with Gasteiger partial charge in [0.1, 0.15) is 0 Å². The van der Waals surface area contributed by atoms with Gasteiger partial charge < -0.3 is 14.6 Å². The summed E-state index contributed by atoms with van der Waals surface area (Å²) in [6, 6.07) is 12.5. The highest BCUT2D eigenvalue weighted by Gasteiger charge is 2.25. The molecular weight excluding hydrogens is 286 g/mol. The summed E-state index contributed by atoms with van der Waals surface area (Å²) in [6.45, 7) is 3.27. The van der Waals surface area contributed by atoms with Crippen molar-refractivity contribution in [3.63, 3.8) is 0 Å². The number of aromatic nitrogens is 2. The van der Waals surface area contributed by atoms with E-state index < -0.39 is 5.60 Å². The van der Waals surface area contributed by atoms with Crippen LogP contribution >= 0.6 is 0 Å². The molecule has 1 aliphatic heterocycles. The minimum atomic E-state index is -0.725. The van der Waals surface area contributed by atoms with E-state index in [9.17, 15) is 5.11 Å². The summed E-state index contributed by atoms with van der Waals surface area (Å²) in [5.74, 6) is 0. The average Bonchev–Trinajstić information content (AvgIpc) is 3.12. The van der Waals surface area contributed by atoms with Crippen molar-refractivity contribution in [1.82, 2.24) is 14.5 Å². The van der Waals surface area contributed by atoms with Crippen molar-refractivity contribution in [2.45, 2.75) is 19.1 Å². The van der Waals surface area contributed by atoms with Crippen molar-refractivity contribution >= 4 is 10.9 Å². The quantitative estimate of drug-likeness (QED) is 0.808. The van der Waals surface area contributed by atoms with E-state index in [2.05, 4.69) is 44.9 Å². The van der Waals surface area contributed by atoms with Gasteiger partial charge in [-0.15, -0.1) is 0 Å². The molecule has 3 heterocycles. The predicted octanol–water partition coefficient (Wildman–Crippen LogP) is 3.11. The predicted molar refractivity (Wildman–Crippen MR) is 91.2 cm³/mol. The van der Waals surface area contributed by atoms with E-state index in [0.29, 0.717) is 6.54 Å². The van der Waals surface area contributed by atoms with Crippen molar-refractivity contribution < 1.29 is 5.11 Å². The lowest BCUT2D eigenvalue weighted by Gasteiger charge is -2.21. The molecule has 1 aromatic carbocycles. The lowest BCUT2D eigenvalue weighted by molar-refractivity contribution is 0.0954. The van der Waals surface area contributed by atoms with Crippen LogP contribution in [-0.2, 0) is 6.54 Å². The number of rotatable bonds is 3. The molecule has 1 N–H and O–H groups in total. The Morgan fingerprint density at radius 1 is 1.17 bits per heavy atom. The summed E-state index contributed by atoms with van der Waals surface area (Å²) in [5.41, 5.74) is 2.83. The molecule has 1 unspecified atom stereocenters. The van der Waals surface area contributed by atoms with Gasteiger partial charge in [0.15, 0.2) is 0 Å². The van der Waals surface area contributed by atoms with E-state index in [0.717, 1.165) is 12.2 Å². The van der Waals surface area contributed by atoms with Gasteiger partial charge in [-0.05, 0) is 49.0 Å². The maximum Gasteiger partial charge on any atom is 0.0990 e. The Hall–Kier alpha value is -2.59. The first-order valence-corrected chi connectivity index (χ1v) is 7.78. The normalized spacial score (nSPS) is 20.5. The Labute approximate surface area is 135 Å². The first-order chi connectivity index (χ1) is 11.1. The standard InChI is InChI=1S/C19H19N3O/c1-19(23)8-12-21(14-19)13-15-3-2-4-18-17(15)7-11-22(18)16-5-9-20-10-6-16/h2-12,23H,13-14H2,1H3. The van der Waals surface area contributed by atoms with Crippen LogP contribution < -0.4 is 0 Å². The molecule has 2 aromatic heterocycles. The monoisotopic (exact) mass is 305 g/mol. The third kappa shape index (κ3) is 2.62. The van der Waals surface area contributed by atoms with Gasteiger partial charge in [-0.25, -0.2) is 0 Å². The van der Waals surface area contributed by atoms with E-state index in [4.69, 9.17) is 0 Å². The Morgan fingerprint density at radius 2 is 2.00 bits per heavy atom. The number of hydrogen-bond acceptors (Lipinski definition) is 3. The summed E-state index contributed by atoms with van der Waals surface area (Å²) in [6.07, 6.45) is 9.55. The summed E-state index contributed by atoms with van der Waals surface area (Å²) < 4.78 is 2.18. The minimum absolute atomic E-state index is 0.633. The molecule has 0 amide bonds. The molecule has 0 saturated heterocycles. The minimum Gasteiger partial charge on any atom is -0.384 e. The van der Waals surface area contributed by atoms with Crippen molar-refractivity contribution in [3.8, 4) is 5.69 Å². The van der Waals surface area contributed by atoms with Crippen LogP contribution in [-0.4, -0.2) is 31.7 Å². The van der Waals surface area contributed by atoms with Gasteiger partial charge in [0, 0.05) is 42.8 Å². The van der Waals surface area contributed by atoms with Crippen molar-refractivity contribution in [2.24, 2.45) is 0 Å². The van der Waals surface area contributed by atoms with Gasteiger partial charge in [-0.3, -0.25) is 4.98 Å². The van der Waals surface area contributed by atoms with Gasteiger partial charge in [-0.1, -0.05) is 12.1 Å². The first kappa shape index (κ1) is 14.0. The van der Waals surface area contributed by atoms with Crippen molar-refractivity contribution in [2.75, 3.05) is 6.54 Å². The van der Waals surface area contributed by atoms with Crippen LogP contribution in [0.2, 0.25) is 0 Å². The smallest absolute Gasteiger partial charge is 0.0990 e. The number of β-amino-alcohol motifs (C(OH)–C–C–N with tert-alkyl or cyclic N) is 1. The highest BCUT2D eigenvalue weighted by molar-refractivity contribution is 5.85. The van der Waals surface area contributed by atoms with Gasteiger partial charge in [0.25, 0.3) is 0 Å². The molecule has 23 heavy (non-hydrogen) atoms. The van der Waals surface area contributed by atoms with E-state index in [1.54, 1.807) is 0 Å². The van der Waals surface area contributed by atoms with Gasteiger partial charge in [0.05, 0.1) is 11.1 Å². The van der Waals surface area contributed by atoms with Crippen LogP contribution in [0, 0.1) is 0 Å². The number of pyridine rings is 1. The molecule has 0 radical (unpaired) electrons. The van der Waals surface area contributed by atoms with Crippen LogP contribution in [0.5, 0.6) is 0 Å². The number of aliphatic hydroxyl groups is 1. The third-order valence-electron chi connectivity index (χ3n) is 4.31. The zero-order valence-corrected chi connectivity index (χ0v) is 13.1. The lowest BCUT2D eigenvalue weighted by Crippen LogP contribution is -2.30. The zero-order chi connectivity index (χ0) is 15.9. The zero-order valence-electron chi connectivity index (χ0n) is 13.1. The van der Waals surface area contributed by atoms with Gasteiger partial charge in [0.2, 0.25) is 0 Å². The highest BCUT2D eigenvalue weighted by atomic mass is 16.3. The van der Waals surface area contributed by atoms with E-state index >= 15 is 0 Å². The average molecular weight is 305 g/mol. The Balaban J connectivity index is 1.70. The third-order valence-corrected chi connectivity index (χ3v) is 4.31. The SMILES string of the molecule is CC1(O)C=CN(Cc2cccc3c2ccn3-c2ccncc2)C1. The number of nitrogens with zero attached hydrogens (tertiary/aromatic N) is 3. The topological polar surface area (TPSA) is 41.3 Å². The molecule has 1 aliphatic rings. The Bertz CT molecular complexity index is 865. The van der Waals surface area contributed by atoms with E-state index in [-0.39, 0.29) is 0 Å². The molecule has 0 spiro atoms. The molecule has 4 nitrogen and oxygen atoms in total. The molecule has 4 heteroatoms. The number of fused-ring (bicyclic) bond motifs is 1. The summed E-state index contributed by atoms with van der Waals surface area (Å²) in [4.78, 5) is 6.23. The second-order valence-electron chi connectivity index (χ2n) is 6.32. The van der Waals surface area contributed by atoms with Crippen LogP contribution in [0.3, 0.4) is 0 Å². The summed E-state index contributed by atoms with van der Waals surface area (Å²) >= 11 is 0. The summed E-state index contributed by atoms with van der Waals surface area (Å²) in [7, 11) is 0. The molecule has 1 atom stereocenters. The second-order valence-corrected chi connectivity index (χ2v) is 6.32. The molecule has 0 saturated carbocycles. The maximum atomic E-state index is 10.1. The molecular formula is C19H19N3O. The van der Waals surface area contributed by atoms with Crippen LogP contribution in [0.25, 0.3) is 16.6 Å². The lowest BCUT2D eigenvalue weighted by atomic mass is 10.1. The Kier molecular flexibility index (Phi) is 3.20. The largest absolute Gasteiger partial charge is 0.384 e. The number of benzene rings is 1. The molecule has 0 fully saturated rings. The molecule has 116 valence electrons. The molecule has 3 aromatic rings. The van der Waals surface area contributed by atoms with Crippen molar-refractivity contribution in [1.29, 1.82) is 0 Å². The van der Waals surface area contributed by atoms with Crippen LogP contribution in [0.1, 0.15) is 12.5 Å².